The maximum atomic E-state index is 12.9. The highest BCUT2D eigenvalue weighted by Crippen LogP contribution is 2.30. The fourth-order valence-electron chi connectivity index (χ4n) is 2.94. The van der Waals surface area contributed by atoms with Crippen LogP contribution in [0.1, 0.15) is 49.2 Å². The van der Waals surface area contributed by atoms with Crippen molar-refractivity contribution in [2.45, 2.75) is 53.3 Å². The van der Waals surface area contributed by atoms with E-state index in [4.69, 9.17) is 0 Å². The Bertz CT molecular complexity index is 777. The molecule has 0 aliphatic heterocycles. The fourth-order valence-corrected chi connectivity index (χ4v) is 2.94. The summed E-state index contributed by atoms with van der Waals surface area (Å²) in [5, 5.41) is 7.30. The van der Waals surface area contributed by atoms with Crippen LogP contribution in [0.5, 0.6) is 0 Å². The molecular formula is C19H24F3N3O. The van der Waals surface area contributed by atoms with Crippen LogP contribution in [0.2, 0.25) is 0 Å². The number of aryl methyl sites for hydroxylation is 1. The minimum atomic E-state index is -4.38. The minimum Gasteiger partial charge on any atom is -0.323 e. The molecule has 0 bridgehead atoms. The van der Waals surface area contributed by atoms with Crippen molar-refractivity contribution in [2.24, 2.45) is 5.92 Å². The Balaban J connectivity index is 2.24. The average Bonchev–Trinajstić information content (AvgIpc) is 2.83. The number of hydrogen-bond acceptors (Lipinski definition) is 2. The van der Waals surface area contributed by atoms with Gasteiger partial charge in [-0.1, -0.05) is 26.0 Å². The molecule has 0 unspecified atom stereocenters. The molecule has 0 saturated heterocycles. The molecule has 0 aliphatic rings. The fraction of sp³-hybridized carbons (Fsp3) is 0.474. The first-order valence-corrected chi connectivity index (χ1v) is 8.68. The van der Waals surface area contributed by atoms with Crippen molar-refractivity contribution in [1.82, 2.24) is 9.78 Å². The summed E-state index contributed by atoms with van der Waals surface area (Å²) in [4.78, 5) is 12.3. The predicted molar refractivity (Wildman–Crippen MR) is 94.9 cm³/mol. The first-order chi connectivity index (χ1) is 12.2. The molecule has 4 nitrogen and oxygen atoms in total. The molecule has 0 atom stereocenters. The molecule has 1 aromatic carbocycles. The van der Waals surface area contributed by atoms with E-state index in [0.717, 1.165) is 30.7 Å². The van der Waals surface area contributed by atoms with Gasteiger partial charge in [0.15, 0.2) is 0 Å². The Morgan fingerprint density at radius 1 is 1.23 bits per heavy atom. The highest BCUT2D eigenvalue weighted by atomic mass is 19.4. The third-order valence-electron chi connectivity index (χ3n) is 4.57. The summed E-state index contributed by atoms with van der Waals surface area (Å²) in [6.07, 6.45) is -2.88. The predicted octanol–water partition coefficient (Wildman–Crippen LogP) is 4.94. The van der Waals surface area contributed by atoms with Gasteiger partial charge in [-0.25, -0.2) is 0 Å². The van der Waals surface area contributed by atoms with Crippen LogP contribution in [0.4, 0.5) is 18.9 Å². The zero-order chi connectivity index (χ0) is 19.5. The van der Waals surface area contributed by atoms with Crippen LogP contribution in [-0.2, 0) is 17.5 Å². The van der Waals surface area contributed by atoms with E-state index in [1.54, 1.807) is 24.6 Å². The second-order valence-corrected chi connectivity index (χ2v) is 6.40. The van der Waals surface area contributed by atoms with Gasteiger partial charge in [-0.15, -0.1) is 0 Å². The van der Waals surface area contributed by atoms with E-state index in [-0.39, 0.29) is 18.4 Å². The largest absolute Gasteiger partial charge is 0.416 e. The zero-order valence-corrected chi connectivity index (χ0v) is 15.4. The van der Waals surface area contributed by atoms with Crippen molar-refractivity contribution in [3.05, 3.63) is 46.8 Å². The monoisotopic (exact) mass is 367 g/mol. The van der Waals surface area contributed by atoms with Gasteiger partial charge < -0.3 is 5.32 Å². The number of nitrogens with one attached hydrogen (secondary N) is 1. The maximum absolute atomic E-state index is 12.9. The van der Waals surface area contributed by atoms with Crippen LogP contribution >= 0.6 is 0 Å². The van der Waals surface area contributed by atoms with Crippen LogP contribution in [0.15, 0.2) is 24.3 Å². The normalized spacial score (nSPS) is 11.8. The second-order valence-electron chi connectivity index (χ2n) is 6.40. The molecular weight excluding hydrogens is 343 g/mol. The van der Waals surface area contributed by atoms with Crippen LogP contribution in [0.25, 0.3) is 0 Å². The number of benzene rings is 1. The Morgan fingerprint density at radius 2 is 1.88 bits per heavy atom. The SMILES string of the molecule is CCC(CC)C(=O)Nc1c(C)nn(Cc2cccc(C(F)(F)F)c2)c1C. The van der Waals surface area contributed by atoms with Crippen molar-refractivity contribution < 1.29 is 18.0 Å². The van der Waals surface area contributed by atoms with Gasteiger partial charge in [0.05, 0.1) is 29.2 Å². The zero-order valence-electron chi connectivity index (χ0n) is 15.4. The Morgan fingerprint density at radius 3 is 2.46 bits per heavy atom. The third-order valence-corrected chi connectivity index (χ3v) is 4.57. The highest BCUT2D eigenvalue weighted by Gasteiger charge is 2.30. The van der Waals surface area contributed by atoms with Gasteiger partial charge in [-0.05, 0) is 44.4 Å². The van der Waals surface area contributed by atoms with Crippen LogP contribution in [-0.4, -0.2) is 15.7 Å². The molecule has 1 amide bonds. The van der Waals surface area contributed by atoms with Crippen molar-refractivity contribution >= 4 is 11.6 Å². The van der Waals surface area contributed by atoms with Crippen molar-refractivity contribution in [1.29, 1.82) is 0 Å². The second kappa shape index (κ2) is 7.93. The first kappa shape index (κ1) is 20.0. The van der Waals surface area contributed by atoms with E-state index in [9.17, 15) is 18.0 Å². The number of alkyl halides is 3. The summed E-state index contributed by atoms with van der Waals surface area (Å²) in [5.41, 5.74) is 1.82. The van der Waals surface area contributed by atoms with E-state index in [2.05, 4.69) is 10.4 Å². The first-order valence-electron chi connectivity index (χ1n) is 8.68. The molecule has 2 aromatic rings. The average molecular weight is 367 g/mol. The van der Waals surface area contributed by atoms with Gasteiger partial charge in [0.2, 0.25) is 5.91 Å². The number of nitrogens with zero attached hydrogens (tertiary/aromatic N) is 2. The molecule has 2 rings (SSSR count). The van der Waals surface area contributed by atoms with Gasteiger partial charge >= 0.3 is 6.18 Å². The number of halogens is 3. The standard InChI is InChI=1S/C19H24F3N3O/c1-5-15(6-2)18(26)23-17-12(3)24-25(13(17)4)11-14-8-7-9-16(10-14)19(20,21)22/h7-10,15H,5-6,11H2,1-4H3,(H,23,26). The summed E-state index contributed by atoms with van der Waals surface area (Å²) in [7, 11) is 0. The molecule has 142 valence electrons. The summed E-state index contributed by atoms with van der Waals surface area (Å²) in [6, 6.07) is 5.19. The number of amides is 1. The molecule has 1 aromatic heterocycles. The van der Waals surface area contributed by atoms with Gasteiger partial charge in [-0.2, -0.15) is 18.3 Å². The lowest BCUT2D eigenvalue weighted by Crippen LogP contribution is -2.22. The van der Waals surface area contributed by atoms with Crippen LogP contribution < -0.4 is 5.32 Å². The highest BCUT2D eigenvalue weighted by molar-refractivity contribution is 5.93. The number of hydrogen-bond donors (Lipinski definition) is 1. The van der Waals surface area contributed by atoms with Crippen LogP contribution in [0, 0.1) is 19.8 Å². The molecule has 26 heavy (non-hydrogen) atoms. The van der Waals surface area contributed by atoms with Crippen molar-refractivity contribution in [3.63, 3.8) is 0 Å². The van der Waals surface area contributed by atoms with E-state index in [1.807, 2.05) is 13.8 Å². The Kier molecular flexibility index (Phi) is 6.10. The van der Waals surface area contributed by atoms with Crippen molar-refractivity contribution in [3.8, 4) is 0 Å². The van der Waals surface area contributed by atoms with Gasteiger partial charge in [0.25, 0.3) is 0 Å². The number of rotatable bonds is 6. The summed E-state index contributed by atoms with van der Waals surface area (Å²) >= 11 is 0. The molecule has 7 heteroatoms. The third kappa shape index (κ3) is 4.45. The minimum absolute atomic E-state index is 0.0557. The smallest absolute Gasteiger partial charge is 0.323 e. The number of anilines is 1. The van der Waals surface area contributed by atoms with Gasteiger partial charge in [-0.3, -0.25) is 9.48 Å². The molecule has 1 heterocycles. The molecule has 0 spiro atoms. The van der Waals surface area contributed by atoms with Gasteiger partial charge in [0.1, 0.15) is 0 Å². The molecule has 1 N–H and O–H groups in total. The number of carbonyl (C=O) groups is 1. The van der Waals surface area contributed by atoms with Gasteiger partial charge in [0, 0.05) is 5.92 Å². The van der Waals surface area contributed by atoms with E-state index >= 15 is 0 Å². The van der Waals surface area contributed by atoms with Crippen molar-refractivity contribution in [2.75, 3.05) is 5.32 Å². The maximum Gasteiger partial charge on any atom is 0.416 e. The van der Waals surface area contributed by atoms with E-state index in [0.29, 0.717) is 16.9 Å². The quantitative estimate of drug-likeness (QED) is 0.786. The summed E-state index contributed by atoms with van der Waals surface area (Å²) in [6.45, 7) is 7.71. The lowest BCUT2D eigenvalue weighted by Gasteiger charge is -2.13. The topological polar surface area (TPSA) is 46.9 Å². The van der Waals surface area contributed by atoms with E-state index in [1.165, 1.54) is 6.07 Å². The van der Waals surface area contributed by atoms with E-state index < -0.39 is 11.7 Å². The molecule has 0 saturated carbocycles. The summed E-state index contributed by atoms with van der Waals surface area (Å²) in [5.74, 6) is -0.125. The molecule has 0 fully saturated rings. The summed E-state index contributed by atoms with van der Waals surface area (Å²) < 4.78 is 40.2. The lowest BCUT2D eigenvalue weighted by molar-refractivity contribution is -0.137. The van der Waals surface area contributed by atoms with Crippen LogP contribution in [0.3, 0.4) is 0 Å². The Labute approximate surface area is 151 Å². The molecule has 0 radical (unpaired) electrons. The molecule has 0 aliphatic carbocycles. The lowest BCUT2D eigenvalue weighted by atomic mass is 10.0. The Hall–Kier alpha value is -2.31. The number of carbonyl (C=O) groups excluding carboxylic acids is 1. The number of aromatic nitrogens is 2.